The van der Waals surface area contributed by atoms with Crippen LogP contribution in [0.15, 0.2) is 18.2 Å². The molecule has 1 aliphatic heterocycles. The van der Waals surface area contributed by atoms with E-state index in [1.54, 1.807) is 19.1 Å². The molecular weight excluding hydrogens is 257 g/mol. The van der Waals surface area contributed by atoms with Crippen LogP contribution in [0, 0.1) is 36.4 Å². The Labute approximate surface area is 116 Å². The van der Waals surface area contributed by atoms with Crippen molar-refractivity contribution >= 4 is 17.5 Å². The molecule has 0 spiro atoms. The summed E-state index contributed by atoms with van der Waals surface area (Å²) in [6.45, 7) is 1.67. The number of benzene rings is 1. The summed E-state index contributed by atoms with van der Waals surface area (Å²) < 4.78 is 13.7. The summed E-state index contributed by atoms with van der Waals surface area (Å²) in [5, 5.41) is 0. The van der Waals surface area contributed by atoms with Gasteiger partial charge in [-0.05, 0) is 55.7 Å². The Morgan fingerprint density at radius 2 is 1.70 bits per heavy atom. The summed E-state index contributed by atoms with van der Waals surface area (Å²) in [5.74, 6) is -0.172. The molecule has 1 saturated heterocycles. The lowest BCUT2D eigenvalue weighted by molar-refractivity contribution is -0.123. The second-order valence-corrected chi connectivity index (χ2v) is 6.33. The van der Waals surface area contributed by atoms with Gasteiger partial charge in [0, 0.05) is 0 Å². The molecule has 20 heavy (non-hydrogen) atoms. The Balaban J connectivity index is 1.74. The maximum atomic E-state index is 13.7. The summed E-state index contributed by atoms with van der Waals surface area (Å²) in [7, 11) is 0. The predicted molar refractivity (Wildman–Crippen MR) is 71.4 cm³/mol. The number of aryl methyl sites for hydroxylation is 1. The molecule has 0 N–H and O–H groups in total. The van der Waals surface area contributed by atoms with Crippen molar-refractivity contribution in [3.8, 4) is 0 Å². The minimum absolute atomic E-state index is 0.115. The third kappa shape index (κ3) is 1.39. The zero-order valence-electron chi connectivity index (χ0n) is 11.3. The molecule has 3 nitrogen and oxygen atoms in total. The van der Waals surface area contributed by atoms with E-state index in [-0.39, 0.29) is 29.5 Å². The number of hydrogen-bond acceptors (Lipinski definition) is 2. The second kappa shape index (κ2) is 3.90. The Morgan fingerprint density at radius 1 is 1.10 bits per heavy atom. The van der Waals surface area contributed by atoms with Crippen LogP contribution >= 0.6 is 0 Å². The molecule has 2 amide bonds. The van der Waals surface area contributed by atoms with E-state index in [0.29, 0.717) is 23.1 Å². The largest absolute Gasteiger partial charge is 0.274 e. The Hall–Kier alpha value is -1.71. The number of fused-ring (bicyclic) bond motifs is 5. The number of halogens is 1. The van der Waals surface area contributed by atoms with Crippen molar-refractivity contribution in [3.63, 3.8) is 0 Å². The third-order valence-electron chi connectivity index (χ3n) is 5.34. The van der Waals surface area contributed by atoms with E-state index in [0.717, 1.165) is 19.3 Å². The molecule has 1 aromatic carbocycles. The average molecular weight is 273 g/mol. The monoisotopic (exact) mass is 273 g/mol. The van der Waals surface area contributed by atoms with E-state index in [4.69, 9.17) is 0 Å². The number of amides is 2. The zero-order chi connectivity index (χ0) is 14.0. The highest BCUT2D eigenvalue weighted by atomic mass is 19.1. The van der Waals surface area contributed by atoms with E-state index >= 15 is 0 Å². The molecule has 1 aromatic rings. The van der Waals surface area contributed by atoms with Crippen molar-refractivity contribution in [1.29, 1.82) is 0 Å². The maximum Gasteiger partial charge on any atom is 0.237 e. The molecule has 4 rings (SSSR count). The lowest BCUT2D eigenvalue weighted by Gasteiger charge is -2.19. The van der Waals surface area contributed by atoms with Gasteiger partial charge in [-0.15, -0.1) is 0 Å². The molecule has 2 bridgehead atoms. The fraction of sp³-hybridized carbons (Fsp3) is 0.500. The minimum atomic E-state index is -0.372. The van der Waals surface area contributed by atoms with Crippen LogP contribution < -0.4 is 4.90 Å². The summed E-state index contributed by atoms with van der Waals surface area (Å²) in [6.07, 6.45) is 3.13. The Kier molecular flexibility index (Phi) is 2.35. The van der Waals surface area contributed by atoms with Gasteiger partial charge in [-0.1, -0.05) is 6.07 Å². The predicted octanol–water partition coefficient (Wildman–Crippen LogP) is 2.67. The molecule has 4 atom stereocenters. The van der Waals surface area contributed by atoms with Crippen LogP contribution in [0.4, 0.5) is 10.1 Å². The van der Waals surface area contributed by atoms with Crippen molar-refractivity contribution in [1.82, 2.24) is 0 Å². The van der Waals surface area contributed by atoms with Gasteiger partial charge in [0.25, 0.3) is 0 Å². The van der Waals surface area contributed by atoms with Crippen LogP contribution in [-0.4, -0.2) is 11.8 Å². The average Bonchev–Trinajstić information content (AvgIpc) is 3.08. The van der Waals surface area contributed by atoms with Gasteiger partial charge < -0.3 is 0 Å². The van der Waals surface area contributed by atoms with Crippen molar-refractivity contribution in [3.05, 3.63) is 29.6 Å². The highest BCUT2D eigenvalue weighted by molar-refractivity contribution is 6.22. The molecule has 1 heterocycles. The lowest BCUT2D eigenvalue weighted by atomic mass is 9.81. The maximum absolute atomic E-state index is 13.7. The van der Waals surface area contributed by atoms with Crippen molar-refractivity contribution in [2.24, 2.45) is 23.7 Å². The van der Waals surface area contributed by atoms with Gasteiger partial charge in [0.1, 0.15) is 5.82 Å². The lowest BCUT2D eigenvalue weighted by Crippen LogP contribution is -2.32. The molecule has 3 aliphatic rings. The normalized spacial score (nSPS) is 35.0. The number of carbonyl (C=O) groups excluding carboxylic acids is 2. The topological polar surface area (TPSA) is 37.4 Å². The molecular formula is C16H16FNO2. The first-order valence-corrected chi connectivity index (χ1v) is 7.22. The number of carbonyl (C=O) groups is 2. The molecule has 2 aliphatic carbocycles. The summed E-state index contributed by atoms with van der Waals surface area (Å²) in [5.41, 5.74) is 0.907. The quantitative estimate of drug-likeness (QED) is 0.738. The highest BCUT2D eigenvalue weighted by Gasteiger charge is 2.61. The highest BCUT2D eigenvalue weighted by Crippen LogP contribution is 2.56. The van der Waals surface area contributed by atoms with Gasteiger partial charge in [-0.25, -0.2) is 9.29 Å². The fourth-order valence-corrected chi connectivity index (χ4v) is 4.38. The molecule has 2 saturated carbocycles. The minimum Gasteiger partial charge on any atom is -0.274 e. The number of rotatable bonds is 1. The van der Waals surface area contributed by atoms with E-state index in [1.807, 2.05) is 0 Å². The smallest absolute Gasteiger partial charge is 0.237 e. The number of anilines is 1. The molecule has 0 radical (unpaired) electrons. The fourth-order valence-electron chi connectivity index (χ4n) is 4.38. The first-order chi connectivity index (χ1) is 9.58. The molecule has 3 fully saturated rings. The van der Waals surface area contributed by atoms with Gasteiger partial charge in [-0.2, -0.15) is 0 Å². The van der Waals surface area contributed by atoms with Gasteiger partial charge in [0.05, 0.1) is 17.5 Å². The first kappa shape index (κ1) is 12.1. The van der Waals surface area contributed by atoms with Crippen molar-refractivity contribution in [2.75, 3.05) is 4.90 Å². The second-order valence-electron chi connectivity index (χ2n) is 6.33. The van der Waals surface area contributed by atoms with Gasteiger partial charge >= 0.3 is 0 Å². The third-order valence-corrected chi connectivity index (χ3v) is 5.34. The van der Waals surface area contributed by atoms with Gasteiger partial charge in [-0.3, -0.25) is 9.59 Å². The number of imide groups is 1. The summed E-state index contributed by atoms with van der Waals surface area (Å²) in [4.78, 5) is 26.4. The standard InChI is InChI=1S/C16H16FNO2/c1-8-2-5-11(7-12(8)17)18-15(19)13-9-3-4-10(6-9)14(13)16(18)20/h2,5,7,9-10,13-14H,3-4,6H2,1H3/t9-,10-,13-,14+/m0/s1. The SMILES string of the molecule is Cc1ccc(N2C(=O)[C@@H]3[C@H]4CC[C@@H](C4)[C@@H]3C2=O)cc1F. The Bertz CT molecular complexity index is 599. The molecule has 0 aromatic heterocycles. The molecule has 0 unspecified atom stereocenters. The van der Waals surface area contributed by atoms with Crippen LogP contribution in [0.1, 0.15) is 24.8 Å². The first-order valence-electron chi connectivity index (χ1n) is 7.22. The van der Waals surface area contributed by atoms with Crippen molar-refractivity contribution in [2.45, 2.75) is 26.2 Å². The van der Waals surface area contributed by atoms with E-state index in [2.05, 4.69) is 0 Å². The van der Waals surface area contributed by atoms with E-state index in [9.17, 15) is 14.0 Å². The van der Waals surface area contributed by atoms with Gasteiger partial charge in [0.15, 0.2) is 0 Å². The van der Waals surface area contributed by atoms with Crippen LogP contribution in [0.25, 0.3) is 0 Å². The molecule has 4 heteroatoms. The molecule has 104 valence electrons. The Morgan fingerprint density at radius 3 is 2.25 bits per heavy atom. The summed E-state index contributed by atoms with van der Waals surface area (Å²) >= 11 is 0. The van der Waals surface area contributed by atoms with Crippen molar-refractivity contribution < 1.29 is 14.0 Å². The van der Waals surface area contributed by atoms with Crippen LogP contribution in [0.5, 0.6) is 0 Å². The zero-order valence-corrected chi connectivity index (χ0v) is 11.3. The van der Waals surface area contributed by atoms with Gasteiger partial charge in [0.2, 0.25) is 11.8 Å². The van der Waals surface area contributed by atoms with Crippen LogP contribution in [0.3, 0.4) is 0 Å². The summed E-state index contributed by atoms with van der Waals surface area (Å²) in [6, 6.07) is 4.58. The van der Waals surface area contributed by atoms with Crippen LogP contribution in [-0.2, 0) is 9.59 Å². The number of hydrogen-bond donors (Lipinski definition) is 0. The van der Waals surface area contributed by atoms with Crippen LogP contribution in [0.2, 0.25) is 0 Å². The van der Waals surface area contributed by atoms with E-state index < -0.39 is 0 Å². The number of nitrogens with zero attached hydrogens (tertiary/aromatic N) is 1. The van der Waals surface area contributed by atoms with E-state index in [1.165, 1.54) is 11.0 Å².